The molecular weight excluding hydrogens is 448 g/mol. The summed E-state index contributed by atoms with van der Waals surface area (Å²) in [5.41, 5.74) is 0.434. The van der Waals surface area contributed by atoms with Gasteiger partial charge in [-0.25, -0.2) is 4.79 Å². The van der Waals surface area contributed by atoms with Gasteiger partial charge < -0.3 is 15.4 Å². The molecule has 2 N–H and O–H groups in total. The molecule has 10 heteroatoms. The Bertz CT molecular complexity index is 1340. The first kappa shape index (κ1) is 22.1. The molecule has 0 atom stereocenters. The van der Waals surface area contributed by atoms with E-state index in [0.29, 0.717) is 22.5 Å². The molecule has 0 unspecified atom stereocenters. The lowest BCUT2D eigenvalue weighted by molar-refractivity contribution is -0.145. The van der Waals surface area contributed by atoms with Crippen molar-refractivity contribution >= 4 is 28.7 Å². The van der Waals surface area contributed by atoms with Gasteiger partial charge >= 0.3 is 12.0 Å². The van der Waals surface area contributed by atoms with Crippen LogP contribution in [0, 0.1) is 17.8 Å². The number of amides is 2. The van der Waals surface area contributed by atoms with Gasteiger partial charge in [-0.15, -0.1) is 10.2 Å². The van der Waals surface area contributed by atoms with E-state index in [-0.39, 0.29) is 36.7 Å². The molecule has 2 heterocycles. The van der Waals surface area contributed by atoms with Crippen molar-refractivity contribution < 1.29 is 14.3 Å². The summed E-state index contributed by atoms with van der Waals surface area (Å²) in [6, 6.07) is 6.98. The van der Waals surface area contributed by atoms with Gasteiger partial charge in [-0.3, -0.25) is 18.6 Å². The van der Waals surface area contributed by atoms with E-state index in [0.717, 1.165) is 37.0 Å². The van der Waals surface area contributed by atoms with Gasteiger partial charge in [-0.05, 0) is 68.4 Å². The number of urea groups is 1. The number of rotatable bonds is 6. The number of carbonyl (C=O) groups is 2. The van der Waals surface area contributed by atoms with E-state index in [1.54, 1.807) is 23.6 Å². The summed E-state index contributed by atoms with van der Waals surface area (Å²) in [5.74, 6) is 2.62. The monoisotopic (exact) mass is 478 g/mol. The lowest BCUT2D eigenvalue weighted by Gasteiger charge is -2.56. The largest absolute Gasteiger partial charge is 0.457 e. The van der Waals surface area contributed by atoms with E-state index >= 15 is 0 Å². The molecule has 2 amide bonds. The highest BCUT2D eigenvalue weighted by Crippen LogP contribution is 2.55. The van der Waals surface area contributed by atoms with Gasteiger partial charge in [0.25, 0.3) is 5.56 Å². The summed E-state index contributed by atoms with van der Waals surface area (Å²) in [7, 11) is 1.63. The Morgan fingerprint density at radius 2 is 1.77 bits per heavy atom. The number of ether oxygens (including phenoxy) is 1. The van der Waals surface area contributed by atoms with Crippen LogP contribution in [0.25, 0.3) is 16.7 Å². The zero-order valence-electron chi connectivity index (χ0n) is 19.8. The van der Waals surface area contributed by atoms with Crippen LogP contribution in [0.2, 0.25) is 0 Å². The topological polar surface area (TPSA) is 120 Å². The maximum atomic E-state index is 12.6. The third kappa shape index (κ3) is 3.94. The molecule has 0 saturated heterocycles. The zero-order chi connectivity index (χ0) is 24.2. The van der Waals surface area contributed by atoms with Crippen LogP contribution in [0.1, 0.15) is 50.8 Å². The second-order valence-corrected chi connectivity index (χ2v) is 10.6. The molecule has 4 aliphatic rings. The third-order valence-electron chi connectivity index (χ3n) is 8.09. The predicted octanol–water partition coefficient (Wildman–Crippen LogP) is 2.28. The number of para-hydroxylation sites is 1. The lowest BCUT2D eigenvalue weighted by Crippen LogP contribution is -2.61. The number of fused-ring (bicyclic) bond motifs is 3. The molecule has 4 fully saturated rings. The van der Waals surface area contributed by atoms with Crippen LogP contribution < -0.4 is 16.2 Å². The Morgan fingerprint density at radius 1 is 1.09 bits per heavy atom. The summed E-state index contributed by atoms with van der Waals surface area (Å²) in [5, 5.41) is 14.8. The van der Waals surface area contributed by atoms with Crippen molar-refractivity contribution in [3.8, 4) is 0 Å². The van der Waals surface area contributed by atoms with Crippen molar-refractivity contribution in [2.24, 2.45) is 24.8 Å². The smallest absolute Gasteiger partial charge is 0.315 e. The molecule has 7 rings (SSSR count). The van der Waals surface area contributed by atoms with Gasteiger partial charge in [0.15, 0.2) is 12.4 Å². The summed E-state index contributed by atoms with van der Waals surface area (Å²) in [6.07, 6.45) is 7.28. The molecule has 4 saturated carbocycles. The average Bonchev–Trinajstić information content (AvgIpc) is 3.24. The molecule has 10 nitrogen and oxygen atoms in total. The minimum atomic E-state index is -0.439. The van der Waals surface area contributed by atoms with Crippen LogP contribution in [0.5, 0.6) is 0 Å². The first-order valence-corrected chi connectivity index (χ1v) is 12.4. The Balaban J connectivity index is 1.04. The Morgan fingerprint density at radius 3 is 2.49 bits per heavy atom. The fraction of sp³-hybridized carbons (Fsp3) is 0.560. The van der Waals surface area contributed by atoms with E-state index in [4.69, 9.17) is 4.74 Å². The molecular formula is C25H30N6O4. The number of aryl methyl sites for hydroxylation is 1. The molecule has 35 heavy (non-hydrogen) atoms. The molecule has 0 aliphatic heterocycles. The number of nitrogens with zero attached hydrogens (tertiary/aromatic N) is 4. The van der Waals surface area contributed by atoms with Crippen molar-refractivity contribution in [1.82, 2.24) is 29.8 Å². The molecule has 4 aliphatic carbocycles. The molecule has 2 aromatic heterocycles. The quantitative estimate of drug-likeness (QED) is 0.525. The maximum absolute atomic E-state index is 12.6. The highest BCUT2D eigenvalue weighted by molar-refractivity contribution is 5.80. The van der Waals surface area contributed by atoms with Crippen LogP contribution in [0.4, 0.5) is 4.79 Å². The summed E-state index contributed by atoms with van der Waals surface area (Å²) >= 11 is 0. The normalized spacial score (nSPS) is 26.8. The molecule has 0 spiro atoms. The Hall–Kier alpha value is -3.43. The number of esters is 1. The van der Waals surface area contributed by atoms with Crippen molar-refractivity contribution in [3.63, 3.8) is 0 Å². The highest BCUT2D eigenvalue weighted by atomic mass is 16.5. The van der Waals surface area contributed by atoms with Gasteiger partial charge in [0.05, 0.1) is 17.3 Å². The van der Waals surface area contributed by atoms with Gasteiger partial charge in [-0.2, -0.15) is 0 Å². The predicted molar refractivity (Wildman–Crippen MR) is 128 cm³/mol. The SMILES string of the molecule is Cn1c(=O)c2ccccc2n2c(COC(=O)CCNC(=O)NC34CC5CC(CC(C5)C3)C4)nnc12. The van der Waals surface area contributed by atoms with Crippen LogP contribution in [-0.4, -0.2) is 43.2 Å². The van der Waals surface area contributed by atoms with Crippen molar-refractivity contribution in [2.45, 2.75) is 57.1 Å². The van der Waals surface area contributed by atoms with E-state index in [2.05, 4.69) is 20.8 Å². The highest BCUT2D eigenvalue weighted by Gasteiger charge is 2.51. The van der Waals surface area contributed by atoms with Gasteiger partial charge in [-0.1, -0.05) is 12.1 Å². The molecule has 1 aromatic carbocycles. The van der Waals surface area contributed by atoms with Crippen LogP contribution in [0.15, 0.2) is 29.1 Å². The number of carbonyl (C=O) groups excluding carboxylic acids is 2. The van der Waals surface area contributed by atoms with E-state index < -0.39 is 5.97 Å². The standard InChI is InChI=1S/C25H30N6O4/c1-30-22(33)18-4-2-3-5-19(18)31-20(28-29-24(30)31)14-35-21(32)6-7-26-23(34)27-25-11-15-8-16(12-25)10-17(9-15)13-25/h2-5,15-17H,6-14H2,1H3,(H2,26,27,34). The van der Waals surface area contributed by atoms with Crippen molar-refractivity contribution in [3.05, 3.63) is 40.4 Å². The van der Waals surface area contributed by atoms with Gasteiger partial charge in [0.2, 0.25) is 5.78 Å². The Kier molecular flexibility index (Phi) is 5.26. The van der Waals surface area contributed by atoms with Crippen molar-refractivity contribution in [2.75, 3.05) is 6.54 Å². The molecule has 0 radical (unpaired) electrons. The maximum Gasteiger partial charge on any atom is 0.315 e. The van der Waals surface area contributed by atoms with Gasteiger partial charge in [0.1, 0.15) is 0 Å². The van der Waals surface area contributed by atoms with Crippen LogP contribution in [-0.2, 0) is 23.2 Å². The minimum Gasteiger partial charge on any atom is -0.457 e. The van der Waals surface area contributed by atoms with E-state index in [1.165, 1.54) is 23.8 Å². The first-order valence-electron chi connectivity index (χ1n) is 12.4. The fourth-order valence-electron chi connectivity index (χ4n) is 7.03. The second kappa shape index (κ2) is 8.35. The Labute approximate surface area is 202 Å². The minimum absolute atomic E-state index is 0.0586. The van der Waals surface area contributed by atoms with Crippen LogP contribution in [0.3, 0.4) is 0 Å². The van der Waals surface area contributed by atoms with Crippen molar-refractivity contribution in [1.29, 1.82) is 0 Å². The molecule has 184 valence electrons. The number of benzene rings is 1. The van der Waals surface area contributed by atoms with Gasteiger partial charge in [0, 0.05) is 19.1 Å². The molecule has 4 bridgehead atoms. The molecule has 3 aromatic rings. The third-order valence-corrected chi connectivity index (χ3v) is 8.09. The van der Waals surface area contributed by atoms with Crippen LogP contribution >= 0.6 is 0 Å². The number of nitrogens with one attached hydrogen (secondary N) is 2. The zero-order valence-corrected chi connectivity index (χ0v) is 19.8. The van der Waals surface area contributed by atoms with E-state index in [9.17, 15) is 14.4 Å². The fourth-order valence-corrected chi connectivity index (χ4v) is 7.03. The average molecular weight is 479 g/mol. The summed E-state index contributed by atoms with van der Waals surface area (Å²) < 4.78 is 8.56. The lowest BCUT2D eigenvalue weighted by atomic mass is 9.53. The number of hydrogen-bond acceptors (Lipinski definition) is 6. The number of hydrogen-bond donors (Lipinski definition) is 2. The second-order valence-electron chi connectivity index (χ2n) is 10.6. The number of aromatic nitrogens is 4. The summed E-state index contributed by atoms with van der Waals surface area (Å²) in [6.45, 7) is 0.122. The first-order chi connectivity index (χ1) is 16.9. The van der Waals surface area contributed by atoms with E-state index in [1.807, 2.05) is 12.1 Å². The summed E-state index contributed by atoms with van der Waals surface area (Å²) in [4.78, 5) is 37.5.